The van der Waals surface area contributed by atoms with Gasteiger partial charge >= 0.3 is 0 Å². The molecule has 0 aliphatic rings. The molecule has 0 saturated heterocycles. The second-order valence-electron chi connectivity index (χ2n) is 4.89. The normalized spacial score (nSPS) is 10.3. The molecular weight excluding hydrogens is 370 g/mol. The van der Waals surface area contributed by atoms with Crippen molar-refractivity contribution in [1.29, 1.82) is 0 Å². The zero-order valence-electron chi connectivity index (χ0n) is 12.1. The Bertz CT molecular complexity index is 766. The van der Waals surface area contributed by atoms with E-state index in [0.29, 0.717) is 10.2 Å². The molecule has 2 aromatic carbocycles. The van der Waals surface area contributed by atoms with Crippen LogP contribution in [0.2, 0.25) is 0 Å². The molecular formula is C16H13BrF2N2O2. The number of hydrogen-bond donors (Lipinski definition) is 2. The quantitative estimate of drug-likeness (QED) is 0.785. The number of benzene rings is 2. The van der Waals surface area contributed by atoms with Crippen molar-refractivity contribution < 1.29 is 18.4 Å². The number of rotatable bonds is 4. The van der Waals surface area contributed by atoms with E-state index >= 15 is 0 Å². The molecule has 2 rings (SSSR count). The number of amides is 2. The van der Waals surface area contributed by atoms with Gasteiger partial charge in [-0.2, -0.15) is 0 Å². The van der Waals surface area contributed by atoms with E-state index in [0.717, 1.165) is 17.7 Å². The topological polar surface area (TPSA) is 58.2 Å². The van der Waals surface area contributed by atoms with E-state index in [1.165, 1.54) is 6.07 Å². The predicted octanol–water partition coefficient (Wildman–Crippen LogP) is 4.00. The van der Waals surface area contributed by atoms with Crippen LogP contribution >= 0.6 is 15.9 Å². The monoisotopic (exact) mass is 382 g/mol. The van der Waals surface area contributed by atoms with Gasteiger partial charge in [0.2, 0.25) is 11.8 Å². The Labute approximate surface area is 140 Å². The van der Waals surface area contributed by atoms with Crippen molar-refractivity contribution in [2.45, 2.75) is 13.3 Å². The van der Waals surface area contributed by atoms with Crippen molar-refractivity contribution in [3.05, 3.63) is 58.1 Å². The average Bonchev–Trinajstić information content (AvgIpc) is 2.46. The maximum absolute atomic E-state index is 13.0. The molecule has 0 unspecified atom stereocenters. The first kappa shape index (κ1) is 17.1. The lowest BCUT2D eigenvalue weighted by Crippen LogP contribution is -2.21. The summed E-state index contributed by atoms with van der Waals surface area (Å²) in [4.78, 5) is 23.6. The molecule has 2 aromatic rings. The van der Waals surface area contributed by atoms with Gasteiger partial charge in [-0.25, -0.2) is 8.78 Å². The fourth-order valence-electron chi connectivity index (χ4n) is 1.84. The number of hydrogen-bond acceptors (Lipinski definition) is 2. The maximum atomic E-state index is 13.0. The first-order valence-electron chi connectivity index (χ1n) is 6.66. The minimum Gasteiger partial charge on any atom is -0.326 e. The molecule has 0 fully saturated rings. The van der Waals surface area contributed by atoms with E-state index in [9.17, 15) is 18.4 Å². The second kappa shape index (κ2) is 7.32. The molecule has 0 aromatic heterocycles. The van der Waals surface area contributed by atoms with Crippen LogP contribution in [0.3, 0.4) is 0 Å². The Morgan fingerprint density at radius 3 is 2.35 bits per heavy atom. The van der Waals surface area contributed by atoms with Gasteiger partial charge < -0.3 is 10.6 Å². The number of halogens is 3. The number of anilines is 2. The SMILES string of the molecule is Cc1ccc(NC(=O)CC(=O)Nc2ccc(F)c(F)c2)c(Br)c1. The first-order chi connectivity index (χ1) is 10.8. The highest BCUT2D eigenvalue weighted by molar-refractivity contribution is 9.10. The Kier molecular flexibility index (Phi) is 5.44. The molecule has 0 aliphatic carbocycles. The third kappa shape index (κ3) is 4.85. The molecule has 0 radical (unpaired) electrons. The van der Waals surface area contributed by atoms with Crippen LogP contribution in [0.25, 0.3) is 0 Å². The summed E-state index contributed by atoms with van der Waals surface area (Å²) in [5, 5.41) is 4.93. The molecule has 120 valence electrons. The lowest BCUT2D eigenvalue weighted by molar-refractivity contribution is -0.123. The largest absolute Gasteiger partial charge is 0.326 e. The minimum absolute atomic E-state index is 0.0817. The lowest BCUT2D eigenvalue weighted by Gasteiger charge is -2.09. The summed E-state index contributed by atoms with van der Waals surface area (Å²) < 4.78 is 26.5. The molecule has 2 amide bonds. The minimum atomic E-state index is -1.07. The molecule has 23 heavy (non-hydrogen) atoms. The van der Waals surface area contributed by atoms with E-state index in [4.69, 9.17) is 0 Å². The van der Waals surface area contributed by atoms with Crippen LogP contribution in [-0.4, -0.2) is 11.8 Å². The molecule has 0 aliphatic heterocycles. The van der Waals surface area contributed by atoms with Crippen LogP contribution in [0, 0.1) is 18.6 Å². The summed E-state index contributed by atoms with van der Waals surface area (Å²) in [5.41, 5.74) is 1.64. The summed E-state index contributed by atoms with van der Waals surface area (Å²) in [6, 6.07) is 8.32. The van der Waals surface area contributed by atoms with E-state index in [1.54, 1.807) is 6.07 Å². The fourth-order valence-corrected chi connectivity index (χ4v) is 2.43. The van der Waals surface area contributed by atoms with Crippen LogP contribution in [0.4, 0.5) is 20.2 Å². The average molecular weight is 383 g/mol. The van der Waals surface area contributed by atoms with E-state index in [-0.39, 0.29) is 5.69 Å². The molecule has 0 atom stereocenters. The van der Waals surface area contributed by atoms with Crippen molar-refractivity contribution >= 4 is 39.1 Å². The van der Waals surface area contributed by atoms with Gasteiger partial charge in [0, 0.05) is 16.2 Å². The Morgan fingerprint density at radius 2 is 1.70 bits per heavy atom. The maximum Gasteiger partial charge on any atom is 0.233 e. The summed E-state index contributed by atoms with van der Waals surface area (Å²) in [6.07, 6.45) is -0.445. The number of nitrogens with one attached hydrogen (secondary N) is 2. The number of aryl methyl sites for hydroxylation is 1. The van der Waals surface area contributed by atoms with Crippen molar-refractivity contribution in [3.8, 4) is 0 Å². The molecule has 0 spiro atoms. The van der Waals surface area contributed by atoms with Crippen molar-refractivity contribution in [3.63, 3.8) is 0 Å². The third-order valence-electron chi connectivity index (χ3n) is 2.92. The van der Waals surface area contributed by atoms with Gasteiger partial charge in [-0.1, -0.05) is 6.07 Å². The van der Waals surface area contributed by atoms with Gasteiger partial charge in [-0.15, -0.1) is 0 Å². The third-order valence-corrected chi connectivity index (χ3v) is 3.58. The first-order valence-corrected chi connectivity index (χ1v) is 7.45. The van der Waals surface area contributed by atoms with Gasteiger partial charge in [0.15, 0.2) is 11.6 Å². The Morgan fingerprint density at radius 1 is 1.00 bits per heavy atom. The zero-order chi connectivity index (χ0) is 17.0. The standard InChI is InChI=1S/C16H13BrF2N2O2/c1-9-2-5-14(11(17)6-9)21-16(23)8-15(22)20-10-3-4-12(18)13(19)7-10/h2-7H,8H2,1H3,(H,20,22)(H,21,23). The zero-order valence-corrected chi connectivity index (χ0v) is 13.7. The van der Waals surface area contributed by atoms with E-state index < -0.39 is 29.9 Å². The van der Waals surface area contributed by atoms with Crippen LogP contribution in [0.1, 0.15) is 12.0 Å². The van der Waals surface area contributed by atoms with E-state index in [2.05, 4.69) is 26.6 Å². The molecule has 0 heterocycles. The van der Waals surface area contributed by atoms with Gasteiger partial charge in [0.1, 0.15) is 6.42 Å². The number of carbonyl (C=O) groups excluding carboxylic acids is 2. The fraction of sp³-hybridized carbons (Fsp3) is 0.125. The molecule has 7 heteroatoms. The van der Waals surface area contributed by atoms with Crippen molar-refractivity contribution in [2.75, 3.05) is 10.6 Å². The van der Waals surface area contributed by atoms with Crippen LogP contribution in [0.15, 0.2) is 40.9 Å². The van der Waals surface area contributed by atoms with Crippen LogP contribution in [0.5, 0.6) is 0 Å². The Hall–Kier alpha value is -2.28. The molecule has 0 saturated carbocycles. The summed E-state index contributed by atoms with van der Waals surface area (Å²) in [5.74, 6) is -3.23. The predicted molar refractivity (Wildman–Crippen MR) is 87.1 cm³/mol. The molecule has 4 nitrogen and oxygen atoms in total. The molecule has 2 N–H and O–H groups in total. The Balaban J connectivity index is 1.94. The highest BCUT2D eigenvalue weighted by Crippen LogP contribution is 2.23. The van der Waals surface area contributed by atoms with Gasteiger partial charge in [-0.3, -0.25) is 9.59 Å². The number of carbonyl (C=O) groups is 2. The van der Waals surface area contributed by atoms with Gasteiger partial charge in [0.25, 0.3) is 0 Å². The highest BCUT2D eigenvalue weighted by atomic mass is 79.9. The van der Waals surface area contributed by atoms with Crippen molar-refractivity contribution in [1.82, 2.24) is 0 Å². The van der Waals surface area contributed by atoms with Gasteiger partial charge in [-0.05, 0) is 52.7 Å². The smallest absolute Gasteiger partial charge is 0.233 e. The van der Waals surface area contributed by atoms with Gasteiger partial charge in [0.05, 0.1) is 5.69 Å². The van der Waals surface area contributed by atoms with Crippen molar-refractivity contribution in [2.24, 2.45) is 0 Å². The van der Waals surface area contributed by atoms with E-state index in [1.807, 2.05) is 19.1 Å². The summed E-state index contributed by atoms with van der Waals surface area (Å²) in [6.45, 7) is 1.91. The second-order valence-corrected chi connectivity index (χ2v) is 5.74. The van der Waals surface area contributed by atoms with Crippen LogP contribution < -0.4 is 10.6 Å². The lowest BCUT2D eigenvalue weighted by atomic mass is 10.2. The summed E-state index contributed by atoms with van der Waals surface area (Å²) in [7, 11) is 0. The molecule has 0 bridgehead atoms. The van der Waals surface area contributed by atoms with Crippen LogP contribution in [-0.2, 0) is 9.59 Å². The summed E-state index contributed by atoms with van der Waals surface area (Å²) >= 11 is 3.32. The highest BCUT2D eigenvalue weighted by Gasteiger charge is 2.12.